The molecule has 0 atom stereocenters. The van der Waals surface area contributed by atoms with Gasteiger partial charge in [0.25, 0.3) is 11.6 Å². The number of thioether (sulfide) groups is 1. The van der Waals surface area contributed by atoms with E-state index in [0.717, 1.165) is 30.0 Å². The predicted octanol–water partition coefficient (Wildman–Crippen LogP) is 5.14. The Balaban J connectivity index is 1.30. The average Bonchev–Trinajstić information content (AvgIpc) is 2.92. The van der Waals surface area contributed by atoms with Gasteiger partial charge in [-0.3, -0.25) is 14.9 Å². The summed E-state index contributed by atoms with van der Waals surface area (Å²) in [7, 11) is 1.99. The highest BCUT2D eigenvalue weighted by Gasteiger charge is 2.22. The highest BCUT2D eigenvalue weighted by Crippen LogP contribution is 2.25. The van der Waals surface area contributed by atoms with E-state index in [-0.39, 0.29) is 11.6 Å². The lowest BCUT2D eigenvalue weighted by molar-refractivity contribution is -0.384. The van der Waals surface area contributed by atoms with Crippen LogP contribution in [0.15, 0.2) is 59.8 Å². The Morgan fingerprint density at radius 2 is 1.76 bits per heavy atom. The molecule has 1 aliphatic rings. The van der Waals surface area contributed by atoms with Crippen LogP contribution >= 0.6 is 23.4 Å². The van der Waals surface area contributed by atoms with E-state index in [9.17, 15) is 14.9 Å². The van der Waals surface area contributed by atoms with E-state index >= 15 is 0 Å². The second-order valence-electron chi connectivity index (χ2n) is 8.79. The number of rotatable bonds is 9. The van der Waals surface area contributed by atoms with Gasteiger partial charge in [-0.15, -0.1) is 0 Å². The van der Waals surface area contributed by atoms with Crippen LogP contribution in [0.25, 0.3) is 0 Å². The molecule has 1 fully saturated rings. The second-order valence-corrected chi connectivity index (χ2v) is 10.1. The van der Waals surface area contributed by atoms with E-state index in [1.165, 1.54) is 23.9 Å². The van der Waals surface area contributed by atoms with Crippen LogP contribution in [0.1, 0.15) is 29.3 Å². The lowest BCUT2D eigenvalue weighted by atomic mass is 10.1. The smallest absolute Gasteiger partial charge is 0.269 e. The van der Waals surface area contributed by atoms with Crippen LogP contribution in [0, 0.1) is 10.1 Å². The van der Waals surface area contributed by atoms with E-state index in [2.05, 4.69) is 26.7 Å². The number of carbonyl (C=O) groups is 1. The van der Waals surface area contributed by atoms with Gasteiger partial charge >= 0.3 is 0 Å². The van der Waals surface area contributed by atoms with E-state index in [4.69, 9.17) is 11.6 Å². The molecule has 1 aliphatic heterocycles. The minimum Gasteiger partial charge on any atom is -0.368 e. The van der Waals surface area contributed by atoms with Gasteiger partial charge < -0.3 is 14.7 Å². The third-order valence-electron chi connectivity index (χ3n) is 6.17. The first-order valence-electron chi connectivity index (χ1n) is 12.1. The molecular formula is C26H29ClN6O3S. The van der Waals surface area contributed by atoms with Crippen molar-refractivity contribution in [2.45, 2.75) is 24.3 Å². The van der Waals surface area contributed by atoms with Gasteiger partial charge in [-0.05, 0) is 36.2 Å². The monoisotopic (exact) mass is 540 g/mol. The summed E-state index contributed by atoms with van der Waals surface area (Å²) in [4.78, 5) is 38.5. The predicted molar refractivity (Wildman–Crippen MR) is 148 cm³/mol. The van der Waals surface area contributed by atoms with Crippen LogP contribution in [0.2, 0.25) is 5.15 Å². The zero-order valence-electron chi connectivity index (χ0n) is 20.8. The first-order valence-corrected chi connectivity index (χ1v) is 13.5. The van der Waals surface area contributed by atoms with Gasteiger partial charge in [0.05, 0.1) is 4.92 Å². The van der Waals surface area contributed by atoms with Crippen molar-refractivity contribution in [2.24, 2.45) is 0 Å². The summed E-state index contributed by atoms with van der Waals surface area (Å²) in [5.41, 5.74) is 2.72. The number of nitro groups is 1. The third kappa shape index (κ3) is 6.90. The zero-order valence-corrected chi connectivity index (χ0v) is 22.4. The Morgan fingerprint density at radius 3 is 2.38 bits per heavy atom. The van der Waals surface area contributed by atoms with Crippen LogP contribution in [0.3, 0.4) is 0 Å². The Labute approximate surface area is 225 Å². The van der Waals surface area contributed by atoms with Crippen molar-refractivity contribution in [2.75, 3.05) is 49.6 Å². The number of non-ortho nitro benzene ring substituents is 1. The van der Waals surface area contributed by atoms with Crippen molar-refractivity contribution in [3.05, 3.63) is 81.0 Å². The van der Waals surface area contributed by atoms with Crippen molar-refractivity contribution in [3.8, 4) is 0 Å². The number of nitro benzene ring substituents is 1. The molecule has 194 valence electrons. The van der Waals surface area contributed by atoms with E-state index in [0.29, 0.717) is 47.8 Å². The van der Waals surface area contributed by atoms with Gasteiger partial charge in [0.1, 0.15) is 11.0 Å². The summed E-state index contributed by atoms with van der Waals surface area (Å²) < 4.78 is 0. The number of amides is 1. The number of carbonyl (C=O) groups excluding carboxylic acids is 1. The minimum absolute atomic E-state index is 0.00401. The SMILES string of the molecule is CCCN(C)c1cc(Cl)nc(SCc2ccc(C(=O)N3CCN(c4ccc([N+](=O)[O-])cc4)CC3)cc2)n1. The molecule has 3 aromatic rings. The zero-order chi connectivity index (χ0) is 26.4. The molecule has 4 rings (SSSR count). The number of aromatic nitrogens is 2. The van der Waals surface area contributed by atoms with Crippen molar-refractivity contribution in [1.82, 2.24) is 14.9 Å². The van der Waals surface area contributed by atoms with Gasteiger partial charge in [0, 0.05) is 75.0 Å². The number of piperazine rings is 1. The first kappa shape index (κ1) is 26.7. The van der Waals surface area contributed by atoms with Gasteiger partial charge in [-0.1, -0.05) is 42.4 Å². The summed E-state index contributed by atoms with van der Waals surface area (Å²) in [5, 5.41) is 11.9. The Kier molecular flexibility index (Phi) is 8.83. The number of hydrogen-bond donors (Lipinski definition) is 0. The topological polar surface area (TPSA) is 95.7 Å². The molecular weight excluding hydrogens is 512 g/mol. The van der Waals surface area contributed by atoms with Crippen LogP contribution in [-0.2, 0) is 5.75 Å². The second kappa shape index (κ2) is 12.2. The fraction of sp³-hybridized carbons (Fsp3) is 0.346. The molecule has 0 saturated carbocycles. The molecule has 0 aliphatic carbocycles. The largest absolute Gasteiger partial charge is 0.368 e. The van der Waals surface area contributed by atoms with Crippen LogP contribution in [0.4, 0.5) is 17.2 Å². The van der Waals surface area contributed by atoms with Crippen LogP contribution < -0.4 is 9.80 Å². The first-order chi connectivity index (χ1) is 17.8. The van der Waals surface area contributed by atoms with Crippen molar-refractivity contribution >= 4 is 46.5 Å². The molecule has 37 heavy (non-hydrogen) atoms. The highest BCUT2D eigenvalue weighted by molar-refractivity contribution is 7.98. The van der Waals surface area contributed by atoms with Crippen LogP contribution in [-0.4, -0.2) is 65.5 Å². The number of halogens is 1. The van der Waals surface area contributed by atoms with Crippen LogP contribution in [0.5, 0.6) is 0 Å². The summed E-state index contributed by atoms with van der Waals surface area (Å²) in [6.07, 6.45) is 1.02. The maximum Gasteiger partial charge on any atom is 0.269 e. The van der Waals surface area contributed by atoms with E-state index in [1.807, 2.05) is 36.2 Å². The van der Waals surface area contributed by atoms with Gasteiger partial charge in [0.2, 0.25) is 0 Å². The maximum atomic E-state index is 13.0. The van der Waals surface area contributed by atoms with E-state index in [1.54, 1.807) is 18.2 Å². The summed E-state index contributed by atoms with van der Waals surface area (Å²) in [5.74, 6) is 1.47. The lowest BCUT2D eigenvalue weighted by Crippen LogP contribution is -2.48. The fourth-order valence-electron chi connectivity index (χ4n) is 4.12. The Hall–Kier alpha value is -3.37. The molecule has 11 heteroatoms. The number of nitrogens with zero attached hydrogens (tertiary/aromatic N) is 6. The summed E-state index contributed by atoms with van der Waals surface area (Å²) >= 11 is 7.71. The lowest BCUT2D eigenvalue weighted by Gasteiger charge is -2.36. The maximum absolute atomic E-state index is 13.0. The number of hydrogen-bond acceptors (Lipinski definition) is 8. The molecule has 9 nitrogen and oxygen atoms in total. The number of benzene rings is 2. The molecule has 1 aromatic heterocycles. The molecule has 0 bridgehead atoms. The molecule has 2 heterocycles. The van der Waals surface area contributed by atoms with Crippen molar-refractivity contribution < 1.29 is 9.72 Å². The molecule has 1 amide bonds. The molecule has 0 radical (unpaired) electrons. The van der Waals surface area contributed by atoms with Crippen molar-refractivity contribution in [3.63, 3.8) is 0 Å². The molecule has 2 aromatic carbocycles. The third-order valence-corrected chi connectivity index (χ3v) is 7.28. The quantitative estimate of drug-likeness (QED) is 0.121. The molecule has 0 N–H and O–H groups in total. The highest BCUT2D eigenvalue weighted by atomic mass is 35.5. The van der Waals surface area contributed by atoms with Gasteiger partial charge in [-0.2, -0.15) is 0 Å². The molecule has 0 spiro atoms. The fourth-order valence-corrected chi connectivity index (χ4v) is 5.16. The number of anilines is 2. The summed E-state index contributed by atoms with van der Waals surface area (Å²) in [6.45, 7) is 5.54. The normalized spacial score (nSPS) is 13.5. The van der Waals surface area contributed by atoms with Gasteiger partial charge in [0.15, 0.2) is 5.16 Å². The van der Waals surface area contributed by atoms with E-state index < -0.39 is 4.92 Å². The summed E-state index contributed by atoms with van der Waals surface area (Å²) in [6, 6.07) is 15.9. The average molecular weight is 541 g/mol. The standard InChI is InChI=1S/C26H29ClN6O3S/c1-3-12-30(2)24-17-23(27)28-26(29-24)37-18-19-4-6-20(7-5-19)25(34)32-15-13-31(14-16-32)21-8-10-22(11-9-21)33(35)36/h4-11,17H,3,12-16,18H2,1-2H3. The Bertz CT molecular complexity index is 1230. The Morgan fingerprint density at radius 1 is 1.08 bits per heavy atom. The molecule has 0 unspecified atom stereocenters. The molecule has 1 saturated heterocycles. The van der Waals surface area contributed by atoms with Crippen molar-refractivity contribution in [1.29, 1.82) is 0 Å². The minimum atomic E-state index is -0.404. The van der Waals surface area contributed by atoms with Gasteiger partial charge in [-0.25, -0.2) is 9.97 Å².